The Morgan fingerprint density at radius 1 is 1.20 bits per heavy atom. The summed E-state index contributed by atoms with van der Waals surface area (Å²) in [6.07, 6.45) is 0. The van der Waals surface area contributed by atoms with Gasteiger partial charge in [0.2, 0.25) is 0 Å². The van der Waals surface area contributed by atoms with Crippen LogP contribution in [-0.2, 0) is 2.92 Å². The number of hydrogen-bond acceptors (Lipinski definition) is 1. The first-order valence-electron chi connectivity index (χ1n) is 0.309. The molecule has 0 saturated heterocycles. The second kappa shape index (κ2) is 15.6. The van der Waals surface area contributed by atoms with Crippen LogP contribution in [0.15, 0.2) is 0 Å². The van der Waals surface area contributed by atoms with Gasteiger partial charge in [0, 0.05) is 85.0 Å². The van der Waals surface area contributed by atoms with Crippen LogP contribution < -0.4 is 0 Å². The summed E-state index contributed by atoms with van der Waals surface area (Å²) in [6, 6.07) is 0. The number of halogens is 2. The summed E-state index contributed by atoms with van der Waals surface area (Å²) < 4.78 is 3.88. The van der Waals surface area contributed by atoms with Gasteiger partial charge in [-0.25, -0.2) is 2.92 Å². The minimum absolute atomic E-state index is 0. The molecule has 0 bridgehead atoms. The first-order valence-corrected chi connectivity index (χ1v) is 1.60. The van der Waals surface area contributed by atoms with Gasteiger partial charge >= 0.3 is 0 Å². The standard InChI is InChI=1S/Br2O.Eu.La/c1-3-2;;. The van der Waals surface area contributed by atoms with E-state index in [0.717, 1.165) is 0 Å². The van der Waals surface area contributed by atoms with Crippen LogP contribution in [0.4, 0.5) is 0 Å². The van der Waals surface area contributed by atoms with Crippen molar-refractivity contribution < 1.29 is 87.9 Å². The van der Waals surface area contributed by atoms with Crippen LogP contribution in [0.1, 0.15) is 0 Å². The van der Waals surface area contributed by atoms with E-state index >= 15 is 0 Å². The molecule has 0 fully saturated rings. The third kappa shape index (κ3) is 18.3. The molecule has 0 rings (SSSR count). The van der Waals surface area contributed by atoms with Crippen LogP contribution in [0.3, 0.4) is 0 Å². The van der Waals surface area contributed by atoms with Crippen molar-refractivity contribution in [2.75, 3.05) is 0 Å². The maximum atomic E-state index is 3.88. The van der Waals surface area contributed by atoms with E-state index in [2.05, 4.69) is 35.4 Å². The molecule has 0 unspecified atom stereocenters. The Labute approximate surface area is 117 Å². The second-order valence-electron chi connectivity index (χ2n) is 0.0583. The summed E-state index contributed by atoms with van der Waals surface area (Å²) in [5.74, 6) is 0. The van der Waals surface area contributed by atoms with Crippen molar-refractivity contribution in [2.45, 2.75) is 0 Å². The first kappa shape index (κ1) is 15.9. The Bertz CT molecular complexity index is 9.61. The molecule has 0 aliphatic carbocycles. The van der Waals surface area contributed by atoms with E-state index in [-0.39, 0.29) is 85.0 Å². The van der Waals surface area contributed by atoms with Crippen molar-refractivity contribution in [3.63, 3.8) is 0 Å². The smallest absolute Gasteiger partial charge is 0.115 e. The molecule has 0 aromatic rings. The molecule has 2 radical (unpaired) electrons. The zero-order chi connectivity index (χ0) is 2.71. The third-order valence-electron chi connectivity index (χ3n) is 0. The van der Waals surface area contributed by atoms with Gasteiger partial charge in [-0.05, 0) is 0 Å². The summed E-state index contributed by atoms with van der Waals surface area (Å²) in [7, 11) is 0. The van der Waals surface area contributed by atoms with E-state index in [9.17, 15) is 0 Å². The normalized spacial score (nSPS) is 3.60. The fraction of sp³-hybridized carbons (Fsp3) is 0. The van der Waals surface area contributed by atoms with Crippen molar-refractivity contribution in [3.05, 3.63) is 0 Å². The first-order chi connectivity index (χ1) is 1.41. The minimum atomic E-state index is 0. The zero-order valence-corrected chi connectivity index (χ0v) is 11.3. The van der Waals surface area contributed by atoms with E-state index in [0.29, 0.717) is 0 Å². The van der Waals surface area contributed by atoms with Gasteiger partial charge in [-0.3, -0.25) is 0 Å². The summed E-state index contributed by atoms with van der Waals surface area (Å²) >= 11 is 5.12. The van der Waals surface area contributed by atoms with E-state index in [1.165, 1.54) is 0 Å². The zero-order valence-electron chi connectivity index (χ0n) is 2.12. The summed E-state index contributed by atoms with van der Waals surface area (Å²) in [5, 5.41) is 0. The molecule has 1 nitrogen and oxygen atoms in total. The molecule has 0 heterocycles. The molecule has 0 atom stereocenters. The largest absolute Gasteiger partial charge is 0.230 e. The van der Waals surface area contributed by atoms with Gasteiger partial charge in [-0.15, -0.1) is 0 Å². The molecule has 0 aliphatic rings. The average molecular weight is 467 g/mol. The van der Waals surface area contributed by atoms with E-state index < -0.39 is 0 Å². The van der Waals surface area contributed by atoms with Gasteiger partial charge in [0.25, 0.3) is 0 Å². The summed E-state index contributed by atoms with van der Waals surface area (Å²) in [5.41, 5.74) is 0. The fourth-order valence-electron chi connectivity index (χ4n) is 0. The molecule has 0 N–H and O–H groups in total. The number of hydrogen-bond donors (Lipinski definition) is 0. The van der Waals surface area contributed by atoms with E-state index in [1.54, 1.807) is 0 Å². The topological polar surface area (TPSA) is 9.23 Å². The van der Waals surface area contributed by atoms with E-state index in [1.807, 2.05) is 0 Å². The van der Waals surface area contributed by atoms with Gasteiger partial charge in [0.1, 0.15) is 32.5 Å². The molecular formula is Br2EuLaO. The Hall–Kier alpha value is 3.70. The van der Waals surface area contributed by atoms with Crippen LogP contribution in [-0.4, -0.2) is 0 Å². The molecule has 30 valence electrons. The maximum absolute atomic E-state index is 3.88. The Balaban J connectivity index is -0.0000000200. The van der Waals surface area contributed by atoms with Gasteiger partial charge in [0.05, 0.1) is 0 Å². The van der Waals surface area contributed by atoms with Gasteiger partial charge in [-0.1, -0.05) is 0 Å². The van der Waals surface area contributed by atoms with Crippen molar-refractivity contribution in [1.29, 1.82) is 0 Å². The summed E-state index contributed by atoms with van der Waals surface area (Å²) in [6.45, 7) is 0. The van der Waals surface area contributed by atoms with Crippen LogP contribution in [0, 0.1) is 85.0 Å². The summed E-state index contributed by atoms with van der Waals surface area (Å²) in [4.78, 5) is 0. The van der Waals surface area contributed by atoms with Crippen molar-refractivity contribution >= 4 is 32.5 Å². The van der Waals surface area contributed by atoms with Gasteiger partial charge in [-0.2, -0.15) is 0 Å². The number of rotatable bonds is 0. The Morgan fingerprint density at radius 2 is 1.20 bits per heavy atom. The van der Waals surface area contributed by atoms with E-state index in [4.69, 9.17) is 0 Å². The maximum Gasteiger partial charge on any atom is 0.115 e. The monoisotopic (exact) mass is 466 g/mol. The predicted molar refractivity (Wildman–Crippen MR) is 18.9 cm³/mol. The quantitative estimate of drug-likeness (QED) is 0.527. The van der Waals surface area contributed by atoms with Crippen molar-refractivity contribution in [2.24, 2.45) is 0 Å². The molecule has 0 aliphatic heterocycles. The Kier molecular flexibility index (Phi) is 49.7. The van der Waals surface area contributed by atoms with Crippen LogP contribution in [0.5, 0.6) is 0 Å². The third-order valence-corrected chi connectivity index (χ3v) is 0. The molecule has 0 amide bonds. The van der Waals surface area contributed by atoms with Crippen LogP contribution in [0.2, 0.25) is 0 Å². The fourth-order valence-corrected chi connectivity index (χ4v) is 0. The Morgan fingerprint density at radius 3 is 1.20 bits per heavy atom. The van der Waals surface area contributed by atoms with Crippen LogP contribution in [0.25, 0.3) is 0 Å². The van der Waals surface area contributed by atoms with Crippen molar-refractivity contribution in [1.82, 2.24) is 0 Å². The molecule has 5 heteroatoms. The molecule has 0 aromatic carbocycles. The van der Waals surface area contributed by atoms with Crippen LogP contribution >= 0.6 is 32.5 Å². The minimum Gasteiger partial charge on any atom is -0.230 e. The average Bonchev–Trinajstić information content (AvgIpc) is 0.918. The molecule has 0 saturated carbocycles. The van der Waals surface area contributed by atoms with Gasteiger partial charge in [0.15, 0.2) is 0 Å². The predicted octanol–water partition coefficient (Wildman–Crippen LogP) is 1.62. The molecule has 0 aromatic heterocycles. The SMILES string of the molecule is BrOBr.[Eu].[La]. The van der Waals surface area contributed by atoms with Gasteiger partial charge < -0.3 is 0 Å². The molecule has 5 heavy (non-hydrogen) atoms. The molecular weight excluding hydrogens is 467 g/mol. The van der Waals surface area contributed by atoms with Crippen molar-refractivity contribution in [3.8, 4) is 0 Å². The molecule has 0 spiro atoms. The second-order valence-corrected chi connectivity index (χ2v) is 1.57.